The van der Waals surface area contributed by atoms with Gasteiger partial charge in [-0.3, -0.25) is 19.2 Å². The second-order valence-corrected chi connectivity index (χ2v) is 17.4. The van der Waals surface area contributed by atoms with Gasteiger partial charge in [0.2, 0.25) is 5.91 Å². The zero-order valence-electron chi connectivity index (χ0n) is 37.6. The van der Waals surface area contributed by atoms with E-state index >= 15 is 0 Å². The van der Waals surface area contributed by atoms with Crippen LogP contribution in [0.4, 0.5) is 5.69 Å². The molecule has 0 bridgehead atoms. The number of anilines is 1. The van der Waals surface area contributed by atoms with Gasteiger partial charge in [0.15, 0.2) is 5.60 Å². The van der Waals surface area contributed by atoms with Crippen molar-refractivity contribution in [3.05, 3.63) is 140 Å². The van der Waals surface area contributed by atoms with E-state index in [1.807, 2.05) is 32.1 Å². The van der Waals surface area contributed by atoms with E-state index in [0.29, 0.717) is 29.0 Å². The van der Waals surface area contributed by atoms with Crippen LogP contribution < -0.4 is 20.3 Å². The van der Waals surface area contributed by atoms with Crippen LogP contribution in [0, 0.1) is 5.41 Å². The summed E-state index contributed by atoms with van der Waals surface area (Å²) in [5.74, 6) is -1.80. The van der Waals surface area contributed by atoms with Gasteiger partial charge in [0.05, 0.1) is 41.9 Å². The topological polar surface area (TPSA) is 163 Å². The molecule has 332 valence electrons. The molecule has 0 spiro atoms. The summed E-state index contributed by atoms with van der Waals surface area (Å²) in [4.78, 5) is 69.4. The van der Waals surface area contributed by atoms with E-state index in [2.05, 4.69) is 45.2 Å². The first-order valence-corrected chi connectivity index (χ1v) is 21.9. The number of hydrogen-bond acceptors (Lipinski definition) is 10. The van der Waals surface area contributed by atoms with Gasteiger partial charge in [-0.15, -0.1) is 0 Å². The van der Waals surface area contributed by atoms with Gasteiger partial charge in [-0.2, -0.15) is 0 Å². The molecule has 0 saturated heterocycles. The molecule has 2 aromatic heterocycles. The number of ether oxygens (including phenoxy) is 3. The summed E-state index contributed by atoms with van der Waals surface area (Å²) in [6, 6.07) is 13.1. The Morgan fingerprint density at radius 3 is 2.33 bits per heavy atom. The smallest absolute Gasteiger partial charge is 0.343 e. The molecule has 4 heterocycles. The van der Waals surface area contributed by atoms with E-state index in [1.54, 1.807) is 60.0 Å². The summed E-state index contributed by atoms with van der Waals surface area (Å²) < 4.78 is 17.8. The fourth-order valence-corrected chi connectivity index (χ4v) is 8.85. The Bertz CT molecular complexity index is 2780. The monoisotopic (exact) mass is 865 g/mol. The standard InChI is InChI=1S/C52H55N3O9/c1-8-37-38-27-36(20-22-43(38)54-48-39(37)29-55-44(48)28-42-40(49(55)59)30-62-50(60)52(42,61)9-2)64-47(58)24-23-46(57)63-35-18-16-34(17-19-35)53-45(56)26-32(4)13-10-12-31(3)15-21-41-33(5)14-11-25-51(41,6)7/h10,12-13,15-22,26-28,61H,8-9,11,14,23-25,29-30H2,1-7H3,(H,53,56)/b13-10+,21-15+,31-12+,32-26+/t52-/m0/s1. The largest absolute Gasteiger partial charge is 0.458 e. The van der Waals surface area contributed by atoms with Crippen molar-refractivity contribution in [1.29, 1.82) is 0 Å². The number of aliphatic hydroxyl groups is 1. The fraction of sp³-hybridized carbons (Fsp3) is 0.346. The van der Waals surface area contributed by atoms with E-state index in [-0.39, 0.29) is 71.9 Å². The average molecular weight is 866 g/mol. The highest BCUT2D eigenvalue weighted by Crippen LogP contribution is 2.42. The quantitative estimate of drug-likeness (QED) is 0.0505. The van der Waals surface area contributed by atoms with Gasteiger partial charge in [0, 0.05) is 28.3 Å². The van der Waals surface area contributed by atoms with E-state index in [1.165, 1.54) is 30.1 Å². The summed E-state index contributed by atoms with van der Waals surface area (Å²) >= 11 is 0. The van der Waals surface area contributed by atoms with Gasteiger partial charge in [0.1, 0.15) is 18.1 Å². The number of esters is 3. The Kier molecular flexibility index (Phi) is 13.2. The predicted octanol–water partition coefficient (Wildman–Crippen LogP) is 9.40. The Labute approximate surface area is 373 Å². The number of allylic oxidation sites excluding steroid dienone is 9. The highest BCUT2D eigenvalue weighted by molar-refractivity contribution is 6.00. The molecule has 0 radical (unpaired) electrons. The molecule has 12 heteroatoms. The van der Waals surface area contributed by atoms with Gasteiger partial charge in [-0.25, -0.2) is 9.78 Å². The molecule has 64 heavy (non-hydrogen) atoms. The number of aryl methyl sites for hydroxylation is 1. The lowest BCUT2D eigenvalue weighted by molar-refractivity contribution is -0.172. The Balaban J connectivity index is 0.910. The second-order valence-electron chi connectivity index (χ2n) is 17.4. The summed E-state index contributed by atoms with van der Waals surface area (Å²) in [6.07, 6.45) is 15.5. The van der Waals surface area contributed by atoms with Crippen molar-refractivity contribution < 1.29 is 38.5 Å². The third kappa shape index (κ3) is 9.47. The number of nitrogens with zero attached hydrogens (tertiary/aromatic N) is 2. The number of benzene rings is 2. The van der Waals surface area contributed by atoms with Crippen LogP contribution in [-0.4, -0.2) is 38.5 Å². The van der Waals surface area contributed by atoms with E-state index in [9.17, 15) is 29.1 Å². The number of carbonyl (C=O) groups excluding carboxylic acids is 4. The maximum absolute atomic E-state index is 13.7. The molecule has 4 aromatic rings. The summed E-state index contributed by atoms with van der Waals surface area (Å²) in [7, 11) is 0. The molecule has 7 rings (SSSR count). The number of aromatic nitrogens is 2. The van der Waals surface area contributed by atoms with E-state index in [0.717, 1.165) is 34.1 Å². The van der Waals surface area contributed by atoms with Crippen LogP contribution in [-0.2, 0) is 49.1 Å². The molecule has 2 aromatic carbocycles. The zero-order valence-corrected chi connectivity index (χ0v) is 37.6. The average Bonchev–Trinajstić information content (AvgIpc) is 3.62. The molecule has 0 fully saturated rings. The Morgan fingerprint density at radius 2 is 1.64 bits per heavy atom. The lowest BCUT2D eigenvalue weighted by atomic mass is 9.72. The van der Waals surface area contributed by atoms with Crippen molar-refractivity contribution in [2.24, 2.45) is 5.41 Å². The third-order valence-electron chi connectivity index (χ3n) is 12.4. The molecule has 0 unspecified atom stereocenters. The summed E-state index contributed by atoms with van der Waals surface area (Å²) in [5.41, 5.74) is 7.16. The fourth-order valence-electron chi connectivity index (χ4n) is 8.85. The van der Waals surface area contributed by atoms with Crippen LogP contribution in [0.25, 0.3) is 22.3 Å². The van der Waals surface area contributed by atoms with Crippen LogP contribution >= 0.6 is 0 Å². The van der Waals surface area contributed by atoms with Crippen LogP contribution in [0.3, 0.4) is 0 Å². The first-order valence-electron chi connectivity index (χ1n) is 21.9. The van der Waals surface area contributed by atoms with Crippen molar-refractivity contribution in [1.82, 2.24) is 9.55 Å². The first-order chi connectivity index (χ1) is 30.5. The van der Waals surface area contributed by atoms with Crippen LogP contribution in [0.15, 0.2) is 112 Å². The number of cyclic esters (lactones) is 1. The molecule has 2 N–H and O–H groups in total. The molecule has 0 saturated carbocycles. The lowest BCUT2D eigenvalue weighted by Crippen LogP contribution is -2.44. The highest BCUT2D eigenvalue weighted by Gasteiger charge is 2.45. The molecule has 1 aliphatic carbocycles. The maximum atomic E-state index is 13.7. The van der Waals surface area contributed by atoms with Crippen molar-refractivity contribution in [2.45, 2.75) is 112 Å². The van der Waals surface area contributed by atoms with Gasteiger partial charge < -0.3 is 29.2 Å². The van der Waals surface area contributed by atoms with Crippen molar-refractivity contribution in [3.8, 4) is 22.9 Å². The first kappa shape index (κ1) is 45.4. The highest BCUT2D eigenvalue weighted by atomic mass is 16.6. The zero-order chi connectivity index (χ0) is 45.9. The molecule has 2 aliphatic heterocycles. The van der Waals surface area contributed by atoms with Crippen LogP contribution in [0.1, 0.15) is 109 Å². The number of hydrogen-bond donors (Lipinski definition) is 2. The van der Waals surface area contributed by atoms with Crippen LogP contribution in [0.5, 0.6) is 11.5 Å². The van der Waals surface area contributed by atoms with Gasteiger partial charge in [-0.1, -0.05) is 69.2 Å². The molecular formula is C52H55N3O9. The lowest BCUT2D eigenvalue weighted by Gasteiger charge is -2.32. The second kappa shape index (κ2) is 18.6. The summed E-state index contributed by atoms with van der Waals surface area (Å²) in [5, 5.41) is 14.8. The number of nitrogens with one attached hydrogen (secondary N) is 1. The molecule has 3 aliphatic rings. The normalized spacial score (nSPS) is 18.2. The number of carbonyl (C=O) groups is 4. The predicted molar refractivity (Wildman–Crippen MR) is 246 cm³/mol. The SMILES string of the molecule is CCc1c2c(nc3ccc(OC(=O)CCC(=O)Oc4ccc(NC(=O)/C=C(C)/C=C/C=C(C)/C=C/C5=C(C)CCCC5(C)C)cc4)cc13)-c1cc3c(c(=O)n1C2)COC(=O)[C@]3(O)CC. The molecular weight excluding hydrogens is 811 g/mol. The minimum Gasteiger partial charge on any atom is -0.458 e. The number of rotatable bonds is 13. The Morgan fingerprint density at radius 1 is 0.938 bits per heavy atom. The summed E-state index contributed by atoms with van der Waals surface area (Å²) in [6.45, 7) is 14.4. The molecule has 12 nitrogen and oxygen atoms in total. The van der Waals surface area contributed by atoms with Gasteiger partial charge in [0.25, 0.3) is 5.56 Å². The van der Waals surface area contributed by atoms with Gasteiger partial charge >= 0.3 is 17.9 Å². The number of pyridine rings is 2. The third-order valence-corrected chi connectivity index (χ3v) is 12.4. The molecule has 1 atom stereocenters. The number of fused-ring (bicyclic) bond motifs is 5. The van der Waals surface area contributed by atoms with Crippen molar-refractivity contribution >= 4 is 40.4 Å². The van der Waals surface area contributed by atoms with Gasteiger partial charge in [-0.05, 0) is 124 Å². The van der Waals surface area contributed by atoms with E-state index in [4.69, 9.17) is 19.2 Å². The van der Waals surface area contributed by atoms with Crippen LogP contribution in [0.2, 0.25) is 0 Å². The minimum absolute atomic E-state index is 0.0468. The Hall–Kier alpha value is -6.66. The number of amides is 1. The van der Waals surface area contributed by atoms with Crippen molar-refractivity contribution in [3.63, 3.8) is 0 Å². The van der Waals surface area contributed by atoms with E-state index < -0.39 is 23.5 Å². The minimum atomic E-state index is -1.92. The maximum Gasteiger partial charge on any atom is 0.343 e. The molecule has 1 amide bonds. The van der Waals surface area contributed by atoms with Crippen molar-refractivity contribution in [2.75, 3.05) is 5.32 Å².